The van der Waals surface area contributed by atoms with Crippen molar-refractivity contribution in [1.29, 1.82) is 0 Å². The number of aryl methyl sites for hydroxylation is 1. The predicted molar refractivity (Wildman–Crippen MR) is 134 cm³/mol. The number of fused-ring (bicyclic) bond motifs is 1. The molecule has 2 aromatic heterocycles. The fraction of sp³-hybridized carbons (Fsp3) is 0.444. The zero-order valence-electron chi connectivity index (χ0n) is 20.5. The van der Waals surface area contributed by atoms with Gasteiger partial charge in [0.15, 0.2) is 6.39 Å². The predicted octanol–water partition coefficient (Wildman–Crippen LogP) is 3.21. The van der Waals surface area contributed by atoms with Gasteiger partial charge in [0.25, 0.3) is 5.91 Å². The van der Waals surface area contributed by atoms with Crippen LogP contribution in [0, 0.1) is 6.92 Å². The maximum atomic E-state index is 12.7. The summed E-state index contributed by atoms with van der Waals surface area (Å²) < 4.78 is 11.6. The van der Waals surface area contributed by atoms with Crippen molar-refractivity contribution in [2.24, 2.45) is 0 Å². The van der Waals surface area contributed by atoms with Crippen molar-refractivity contribution in [2.45, 2.75) is 57.6 Å². The number of ether oxygens (including phenoxy) is 1. The Hall–Kier alpha value is -3.27. The van der Waals surface area contributed by atoms with Gasteiger partial charge in [-0.1, -0.05) is 18.2 Å². The standard InChI is InChI=1S/C27H33N5O4/c1-18-4-2-7-24-23(18)9-11-32(27(24)35-16-22-14-28-17-36-22)15-21(33)13-30-26(34)25-12-20(8-10-29-25)31-19-5-3-6-19/h2,4,7-8,10,12,14,17,19,21,27,33H,3,5-6,9,11,13,15-16H2,1H3,(H,29,31)(H,30,34)/t21-,27?/m0/s1. The quantitative estimate of drug-likeness (QED) is 0.396. The number of nitrogens with zero attached hydrogens (tertiary/aromatic N) is 3. The number of hydrogen-bond donors (Lipinski definition) is 3. The molecule has 3 N–H and O–H groups in total. The summed E-state index contributed by atoms with van der Waals surface area (Å²) in [4.78, 5) is 23.0. The molecule has 1 unspecified atom stereocenters. The molecule has 9 heteroatoms. The molecule has 0 saturated heterocycles. The van der Waals surface area contributed by atoms with Gasteiger partial charge in [-0.15, -0.1) is 0 Å². The molecule has 5 rings (SSSR count). The van der Waals surface area contributed by atoms with Gasteiger partial charge >= 0.3 is 0 Å². The number of rotatable bonds is 10. The van der Waals surface area contributed by atoms with Crippen molar-refractivity contribution in [3.8, 4) is 0 Å². The molecular weight excluding hydrogens is 458 g/mol. The summed E-state index contributed by atoms with van der Waals surface area (Å²) in [6.07, 6.45) is 7.97. The Bertz CT molecular complexity index is 1160. The smallest absolute Gasteiger partial charge is 0.270 e. The average molecular weight is 492 g/mol. The van der Waals surface area contributed by atoms with E-state index in [0.29, 0.717) is 24.0 Å². The van der Waals surface area contributed by atoms with Gasteiger partial charge < -0.3 is 24.9 Å². The summed E-state index contributed by atoms with van der Waals surface area (Å²) in [7, 11) is 0. The van der Waals surface area contributed by atoms with E-state index in [1.54, 1.807) is 18.5 Å². The van der Waals surface area contributed by atoms with Crippen molar-refractivity contribution < 1.29 is 19.1 Å². The van der Waals surface area contributed by atoms with Crippen molar-refractivity contribution in [3.05, 3.63) is 77.3 Å². The summed E-state index contributed by atoms with van der Waals surface area (Å²) >= 11 is 0. The molecule has 1 fully saturated rings. The van der Waals surface area contributed by atoms with E-state index in [1.807, 2.05) is 12.1 Å². The Labute approximate surface area is 210 Å². The highest BCUT2D eigenvalue weighted by molar-refractivity contribution is 5.93. The molecule has 0 radical (unpaired) electrons. The molecule has 0 spiro atoms. The van der Waals surface area contributed by atoms with Gasteiger partial charge in [-0.25, -0.2) is 4.98 Å². The summed E-state index contributed by atoms with van der Waals surface area (Å²) in [5, 5.41) is 17.1. The summed E-state index contributed by atoms with van der Waals surface area (Å²) in [6, 6.07) is 10.3. The largest absolute Gasteiger partial charge is 0.446 e. The second-order valence-corrected chi connectivity index (χ2v) is 9.58. The molecule has 3 aromatic rings. The van der Waals surface area contributed by atoms with Crippen LogP contribution in [0.15, 0.2) is 53.5 Å². The Morgan fingerprint density at radius 2 is 2.22 bits per heavy atom. The molecule has 1 amide bonds. The lowest BCUT2D eigenvalue weighted by Crippen LogP contribution is -2.45. The van der Waals surface area contributed by atoms with Crippen LogP contribution in [0.3, 0.4) is 0 Å². The topological polar surface area (TPSA) is 113 Å². The first kappa shape index (κ1) is 24.4. The van der Waals surface area contributed by atoms with Crippen molar-refractivity contribution in [3.63, 3.8) is 0 Å². The van der Waals surface area contributed by atoms with Gasteiger partial charge in [0, 0.05) is 37.6 Å². The van der Waals surface area contributed by atoms with Gasteiger partial charge in [-0.3, -0.25) is 14.7 Å². The number of carbonyl (C=O) groups is 1. The number of carbonyl (C=O) groups excluding carboxylic acids is 1. The van der Waals surface area contributed by atoms with E-state index in [9.17, 15) is 9.90 Å². The number of oxazole rings is 1. The van der Waals surface area contributed by atoms with Gasteiger partial charge in [0.1, 0.15) is 24.3 Å². The molecule has 1 aromatic carbocycles. The monoisotopic (exact) mass is 491 g/mol. The molecule has 3 heterocycles. The van der Waals surface area contributed by atoms with Crippen LogP contribution >= 0.6 is 0 Å². The fourth-order valence-electron chi connectivity index (χ4n) is 4.79. The van der Waals surface area contributed by atoms with Crippen LogP contribution in [0.4, 0.5) is 5.69 Å². The number of benzene rings is 1. The minimum atomic E-state index is -0.770. The molecule has 2 atom stereocenters. The molecule has 190 valence electrons. The maximum absolute atomic E-state index is 12.7. The van der Waals surface area contributed by atoms with Gasteiger partial charge in [0.2, 0.25) is 0 Å². The van der Waals surface area contributed by atoms with Crippen LogP contribution in [0.25, 0.3) is 0 Å². The minimum absolute atomic E-state index is 0.118. The third kappa shape index (κ3) is 5.75. The number of aromatic nitrogens is 2. The van der Waals surface area contributed by atoms with Crippen LogP contribution in [-0.2, 0) is 17.8 Å². The van der Waals surface area contributed by atoms with E-state index in [-0.39, 0.29) is 25.3 Å². The van der Waals surface area contributed by atoms with E-state index in [2.05, 4.69) is 44.6 Å². The third-order valence-corrected chi connectivity index (χ3v) is 6.97. The lowest BCUT2D eigenvalue weighted by atomic mass is 9.93. The van der Waals surface area contributed by atoms with E-state index in [4.69, 9.17) is 9.15 Å². The van der Waals surface area contributed by atoms with E-state index >= 15 is 0 Å². The lowest BCUT2D eigenvalue weighted by molar-refractivity contribution is -0.0940. The highest BCUT2D eigenvalue weighted by atomic mass is 16.5. The maximum Gasteiger partial charge on any atom is 0.270 e. The Balaban J connectivity index is 1.19. The molecule has 36 heavy (non-hydrogen) atoms. The highest BCUT2D eigenvalue weighted by Crippen LogP contribution is 2.33. The Morgan fingerprint density at radius 1 is 1.33 bits per heavy atom. The number of nitrogens with one attached hydrogen (secondary N) is 2. The Kier molecular flexibility index (Phi) is 7.60. The number of hydrogen-bond acceptors (Lipinski definition) is 8. The molecular formula is C27H33N5O4. The van der Waals surface area contributed by atoms with E-state index in [1.165, 1.54) is 23.9 Å². The number of pyridine rings is 1. The van der Waals surface area contributed by atoms with Crippen LogP contribution in [0.2, 0.25) is 0 Å². The third-order valence-electron chi connectivity index (χ3n) is 6.97. The van der Waals surface area contributed by atoms with Crippen LogP contribution in [0.5, 0.6) is 0 Å². The van der Waals surface area contributed by atoms with E-state index < -0.39 is 6.10 Å². The molecule has 9 nitrogen and oxygen atoms in total. The Morgan fingerprint density at radius 3 is 3.00 bits per heavy atom. The zero-order valence-corrected chi connectivity index (χ0v) is 20.5. The van der Waals surface area contributed by atoms with Gasteiger partial charge in [0.05, 0.1) is 12.3 Å². The number of amides is 1. The van der Waals surface area contributed by atoms with Crippen LogP contribution in [-0.4, -0.2) is 57.7 Å². The summed E-state index contributed by atoms with van der Waals surface area (Å²) in [6.45, 7) is 3.59. The minimum Gasteiger partial charge on any atom is -0.446 e. The molecule has 2 aliphatic rings. The molecule has 1 aliphatic heterocycles. The van der Waals surface area contributed by atoms with Crippen molar-refractivity contribution in [1.82, 2.24) is 20.2 Å². The number of β-amino-alcohol motifs (C(OH)–C–C–N with tert-alkyl or cyclic N) is 1. The van der Waals surface area contributed by atoms with Crippen molar-refractivity contribution in [2.75, 3.05) is 25.0 Å². The van der Waals surface area contributed by atoms with Crippen molar-refractivity contribution >= 4 is 11.6 Å². The molecule has 0 bridgehead atoms. The van der Waals surface area contributed by atoms with Crippen LogP contribution in [0.1, 0.15) is 58.4 Å². The molecule has 1 saturated carbocycles. The normalized spacial score (nSPS) is 18.8. The molecule has 1 aliphatic carbocycles. The lowest BCUT2D eigenvalue weighted by Gasteiger charge is -2.38. The first-order chi connectivity index (χ1) is 17.6. The summed E-state index contributed by atoms with van der Waals surface area (Å²) in [5.41, 5.74) is 4.84. The SMILES string of the molecule is Cc1cccc2c1CCN(C[C@@H](O)CNC(=O)c1cc(NC3CCC3)ccn1)C2OCc1cnco1. The number of aliphatic hydroxyl groups excluding tert-OH is 1. The highest BCUT2D eigenvalue weighted by Gasteiger charge is 2.30. The second-order valence-electron chi connectivity index (χ2n) is 9.58. The van der Waals surface area contributed by atoms with Gasteiger partial charge in [-0.2, -0.15) is 0 Å². The number of aliphatic hydroxyl groups is 1. The van der Waals surface area contributed by atoms with Gasteiger partial charge in [-0.05, 0) is 61.4 Å². The fourth-order valence-corrected chi connectivity index (χ4v) is 4.79. The summed E-state index contributed by atoms with van der Waals surface area (Å²) in [5.74, 6) is 0.341. The van der Waals surface area contributed by atoms with E-state index in [0.717, 1.165) is 37.1 Å². The first-order valence-corrected chi connectivity index (χ1v) is 12.6. The second kappa shape index (κ2) is 11.2. The average Bonchev–Trinajstić information content (AvgIpc) is 3.38. The first-order valence-electron chi connectivity index (χ1n) is 12.6. The number of anilines is 1. The zero-order chi connectivity index (χ0) is 24.9. The van der Waals surface area contributed by atoms with Crippen LogP contribution < -0.4 is 10.6 Å².